The Morgan fingerprint density at radius 1 is 1.10 bits per heavy atom. The molecule has 5 rings (SSSR count). The molecule has 0 saturated carbocycles. The van der Waals surface area contributed by atoms with E-state index in [2.05, 4.69) is 25.6 Å². The predicted molar refractivity (Wildman–Crippen MR) is 117 cm³/mol. The van der Waals surface area contributed by atoms with Crippen molar-refractivity contribution < 1.29 is 9.47 Å². The van der Waals surface area contributed by atoms with Crippen LogP contribution < -0.4 is 20.1 Å². The van der Waals surface area contributed by atoms with Crippen molar-refractivity contribution in [2.45, 2.75) is 6.61 Å². The Bertz CT molecular complexity index is 1200. The van der Waals surface area contributed by atoms with Crippen LogP contribution in [0.5, 0.6) is 11.5 Å². The van der Waals surface area contributed by atoms with Gasteiger partial charge in [0.25, 0.3) is 0 Å². The molecule has 1 aliphatic rings. The van der Waals surface area contributed by atoms with Crippen molar-refractivity contribution in [2.75, 3.05) is 23.8 Å². The van der Waals surface area contributed by atoms with Crippen LogP contribution in [0, 0.1) is 0 Å². The summed E-state index contributed by atoms with van der Waals surface area (Å²) < 4.78 is 11.7. The van der Waals surface area contributed by atoms with Gasteiger partial charge in [-0.25, -0.2) is 9.97 Å². The SMILES string of the molecule is Clc1cc(Nc2ncnc3ccc4c(c23)OCCN4)ccc1OCc1ccccn1. The fraction of sp³-hybridized carbons (Fsp3) is 0.136. The van der Waals surface area contributed by atoms with Crippen LogP contribution in [-0.2, 0) is 6.61 Å². The van der Waals surface area contributed by atoms with E-state index in [9.17, 15) is 0 Å². The van der Waals surface area contributed by atoms with E-state index in [1.54, 1.807) is 12.3 Å². The van der Waals surface area contributed by atoms with Gasteiger partial charge in [-0.2, -0.15) is 0 Å². The van der Waals surface area contributed by atoms with Crippen LogP contribution >= 0.6 is 11.6 Å². The van der Waals surface area contributed by atoms with Crippen LogP contribution in [0.2, 0.25) is 5.02 Å². The Hall–Kier alpha value is -3.58. The minimum absolute atomic E-state index is 0.348. The molecule has 0 spiro atoms. The summed E-state index contributed by atoms with van der Waals surface area (Å²) in [4.78, 5) is 13.0. The molecule has 2 N–H and O–H groups in total. The number of pyridine rings is 1. The monoisotopic (exact) mass is 419 g/mol. The Balaban J connectivity index is 1.41. The number of halogens is 1. The summed E-state index contributed by atoms with van der Waals surface area (Å²) in [5.74, 6) is 1.99. The van der Waals surface area contributed by atoms with Gasteiger partial charge in [0.1, 0.15) is 31.1 Å². The minimum Gasteiger partial charge on any atom is -0.489 e. The first-order valence-electron chi connectivity index (χ1n) is 9.51. The first-order valence-corrected chi connectivity index (χ1v) is 9.89. The number of hydrogen-bond donors (Lipinski definition) is 2. The lowest BCUT2D eigenvalue weighted by Crippen LogP contribution is -2.18. The largest absolute Gasteiger partial charge is 0.489 e. The highest BCUT2D eigenvalue weighted by Gasteiger charge is 2.18. The molecule has 2 aromatic heterocycles. The molecule has 0 saturated heterocycles. The molecular formula is C22H18ClN5O2. The third-order valence-corrected chi connectivity index (χ3v) is 5.01. The van der Waals surface area contributed by atoms with E-state index in [0.717, 1.165) is 40.3 Å². The van der Waals surface area contributed by atoms with Crippen LogP contribution in [0.25, 0.3) is 10.9 Å². The van der Waals surface area contributed by atoms with E-state index in [1.165, 1.54) is 6.33 Å². The average molecular weight is 420 g/mol. The molecule has 3 heterocycles. The Morgan fingerprint density at radius 3 is 2.93 bits per heavy atom. The van der Waals surface area contributed by atoms with Crippen molar-refractivity contribution in [1.29, 1.82) is 0 Å². The fourth-order valence-corrected chi connectivity index (χ4v) is 3.55. The lowest BCUT2D eigenvalue weighted by atomic mass is 10.1. The summed E-state index contributed by atoms with van der Waals surface area (Å²) >= 11 is 6.44. The molecule has 150 valence electrons. The number of aromatic nitrogens is 3. The van der Waals surface area contributed by atoms with Gasteiger partial charge in [0.15, 0.2) is 5.75 Å². The highest BCUT2D eigenvalue weighted by Crippen LogP contribution is 2.39. The first kappa shape index (κ1) is 18.4. The van der Waals surface area contributed by atoms with E-state index in [4.69, 9.17) is 21.1 Å². The van der Waals surface area contributed by atoms with E-state index < -0.39 is 0 Å². The molecule has 1 aliphatic heterocycles. The van der Waals surface area contributed by atoms with Gasteiger partial charge in [0.2, 0.25) is 0 Å². The Kier molecular flexibility index (Phi) is 4.94. The lowest BCUT2D eigenvalue weighted by molar-refractivity contribution is 0.301. The normalized spacial score (nSPS) is 12.6. The molecule has 0 bridgehead atoms. The molecule has 4 aromatic rings. The third-order valence-electron chi connectivity index (χ3n) is 4.72. The van der Waals surface area contributed by atoms with Crippen molar-refractivity contribution in [2.24, 2.45) is 0 Å². The van der Waals surface area contributed by atoms with Crippen LogP contribution in [-0.4, -0.2) is 28.1 Å². The number of hydrogen-bond acceptors (Lipinski definition) is 7. The number of benzene rings is 2. The number of nitrogens with zero attached hydrogens (tertiary/aromatic N) is 3. The second-order valence-electron chi connectivity index (χ2n) is 6.71. The predicted octanol–water partition coefficient (Wildman–Crippen LogP) is 4.81. The van der Waals surface area contributed by atoms with Gasteiger partial charge < -0.3 is 20.1 Å². The molecule has 0 aliphatic carbocycles. The van der Waals surface area contributed by atoms with Gasteiger partial charge in [-0.1, -0.05) is 17.7 Å². The molecule has 0 radical (unpaired) electrons. The number of fused-ring (bicyclic) bond motifs is 3. The molecule has 7 nitrogen and oxygen atoms in total. The van der Waals surface area contributed by atoms with Gasteiger partial charge in [0.05, 0.1) is 27.3 Å². The summed E-state index contributed by atoms with van der Waals surface area (Å²) in [6, 6.07) is 15.1. The van der Waals surface area contributed by atoms with Gasteiger partial charge in [-0.3, -0.25) is 4.98 Å². The van der Waals surface area contributed by atoms with E-state index in [1.807, 2.05) is 42.5 Å². The molecule has 30 heavy (non-hydrogen) atoms. The number of rotatable bonds is 5. The van der Waals surface area contributed by atoms with Crippen LogP contribution in [0.1, 0.15) is 5.69 Å². The zero-order chi connectivity index (χ0) is 20.3. The van der Waals surface area contributed by atoms with Crippen molar-refractivity contribution in [3.8, 4) is 11.5 Å². The van der Waals surface area contributed by atoms with Crippen LogP contribution in [0.15, 0.2) is 61.1 Å². The van der Waals surface area contributed by atoms with Crippen LogP contribution in [0.3, 0.4) is 0 Å². The summed E-state index contributed by atoms with van der Waals surface area (Å²) in [6.45, 7) is 1.71. The molecule has 0 unspecified atom stereocenters. The number of nitrogens with one attached hydrogen (secondary N) is 2. The van der Waals surface area contributed by atoms with E-state index in [0.29, 0.717) is 29.8 Å². The molecular weight excluding hydrogens is 402 g/mol. The maximum Gasteiger partial charge on any atom is 0.155 e. The standard InChI is InChI=1S/C22H18ClN5O2/c23-16-11-14(4-7-19(16)30-12-15-3-1-2-8-24-15)28-22-20-17(26-13-27-22)5-6-18-21(20)29-10-9-25-18/h1-8,11,13,25H,9-10,12H2,(H,26,27,28). The van der Waals surface area contributed by atoms with Crippen molar-refractivity contribution in [3.63, 3.8) is 0 Å². The second-order valence-corrected chi connectivity index (χ2v) is 7.12. The van der Waals surface area contributed by atoms with Crippen LogP contribution in [0.4, 0.5) is 17.2 Å². The fourth-order valence-electron chi connectivity index (χ4n) is 3.31. The number of ether oxygens (including phenoxy) is 2. The smallest absolute Gasteiger partial charge is 0.155 e. The summed E-state index contributed by atoms with van der Waals surface area (Å²) in [7, 11) is 0. The quantitative estimate of drug-likeness (QED) is 0.480. The maximum absolute atomic E-state index is 6.44. The molecule has 0 amide bonds. The van der Waals surface area contributed by atoms with Gasteiger partial charge in [-0.05, 0) is 42.5 Å². The topological polar surface area (TPSA) is 81.2 Å². The highest BCUT2D eigenvalue weighted by atomic mass is 35.5. The maximum atomic E-state index is 6.44. The zero-order valence-electron chi connectivity index (χ0n) is 15.9. The van der Waals surface area contributed by atoms with Crippen molar-refractivity contribution in [3.05, 3.63) is 71.8 Å². The molecule has 2 aromatic carbocycles. The molecule has 0 fully saturated rings. The number of anilines is 3. The Morgan fingerprint density at radius 2 is 2.07 bits per heavy atom. The average Bonchev–Trinajstić information content (AvgIpc) is 2.79. The molecule has 8 heteroatoms. The van der Waals surface area contributed by atoms with E-state index >= 15 is 0 Å². The Labute approximate surface area is 178 Å². The molecule has 0 atom stereocenters. The van der Waals surface area contributed by atoms with Gasteiger partial charge in [-0.15, -0.1) is 0 Å². The lowest BCUT2D eigenvalue weighted by Gasteiger charge is -2.21. The highest BCUT2D eigenvalue weighted by molar-refractivity contribution is 6.32. The first-order chi connectivity index (χ1) is 14.8. The zero-order valence-corrected chi connectivity index (χ0v) is 16.7. The summed E-state index contributed by atoms with van der Waals surface area (Å²) in [6.07, 6.45) is 3.26. The van der Waals surface area contributed by atoms with Crippen molar-refractivity contribution in [1.82, 2.24) is 15.0 Å². The second kappa shape index (κ2) is 8.04. The van der Waals surface area contributed by atoms with Gasteiger partial charge >= 0.3 is 0 Å². The van der Waals surface area contributed by atoms with Crippen molar-refractivity contribution >= 4 is 39.7 Å². The minimum atomic E-state index is 0.348. The summed E-state index contributed by atoms with van der Waals surface area (Å²) in [5.41, 5.74) is 3.35. The summed E-state index contributed by atoms with van der Waals surface area (Å²) in [5, 5.41) is 7.99. The van der Waals surface area contributed by atoms with E-state index in [-0.39, 0.29) is 0 Å². The third kappa shape index (κ3) is 3.67. The van der Waals surface area contributed by atoms with Gasteiger partial charge in [0, 0.05) is 18.4 Å².